The van der Waals surface area contributed by atoms with Gasteiger partial charge in [-0.3, -0.25) is 0 Å². The van der Waals surface area contributed by atoms with E-state index >= 15 is 0 Å². The van der Waals surface area contributed by atoms with Gasteiger partial charge >= 0.3 is 0 Å². The van der Waals surface area contributed by atoms with Crippen molar-refractivity contribution in [2.75, 3.05) is 6.61 Å². The fourth-order valence-corrected chi connectivity index (χ4v) is 5.30. The molecule has 0 bridgehead atoms. The van der Waals surface area contributed by atoms with Gasteiger partial charge in [0.1, 0.15) is 5.75 Å². The van der Waals surface area contributed by atoms with Gasteiger partial charge in [0.05, 0.1) is 31.3 Å². The minimum absolute atomic E-state index is 0. The summed E-state index contributed by atoms with van der Waals surface area (Å²) in [5, 5.41) is 2.91. The van der Waals surface area contributed by atoms with Gasteiger partial charge < -0.3 is 4.74 Å². The first-order valence-corrected chi connectivity index (χ1v) is 9.76. The molecule has 0 saturated carbocycles. The molecule has 0 aliphatic heterocycles. The van der Waals surface area contributed by atoms with Crippen molar-refractivity contribution in [3.63, 3.8) is 0 Å². The van der Waals surface area contributed by atoms with Crippen molar-refractivity contribution in [2.24, 2.45) is 0 Å². The third kappa shape index (κ3) is 5.15. The summed E-state index contributed by atoms with van der Waals surface area (Å²) >= 11 is 0. The molecule has 0 unspecified atom stereocenters. The summed E-state index contributed by atoms with van der Waals surface area (Å²) in [5.41, 5.74) is 1.37. The summed E-state index contributed by atoms with van der Waals surface area (Å²) in [6.07, 6.45) is 1.09. The van der Waals surface area contributed by atoms with E-state index in [2.05, 4.69) is 84.9 Å². The van der Waals surface area contributed by atoms with Crippen LogP contribution in [-0.4, -0.2) is 33.9 Å². The van der Waals surface area contributed by atoms with E-state index in [9.17, 15) is 0 Å². The Bertz CT molecular complexity index is 674. The number of hydrogen-bond donors (Lipinski definition) is 0. The van der Waals surface area contributed by atoms with E-state index in [0.29, 0.717) is 6.61 Å². The normalized spacial score (nSPS) is 10.2. The van der Waals surface area contributed by atoms with Crippen molar-refractivity contribution in [2.45, 2.75) is 13.1 Å². The molecule has 0 aliphatic carbocycles. The van der Waals surface area contributed by atoms with Crippen LogP contribution in [0.4, 0.5) is 0 Å². The third-order valence-corrected chi connectivity index (χ3v) is 6.68. The van der Waals surface area contributed by atoms with Gasteiger partial charge in [0, 0.05) is 27.3 Å². The summed E-state index contributed by atoms with van der Waals surface area (Å²) in [4.78, 5) is 0. The predicted molar refractivity (Wildman–Crippen MR) is 108 cm³/mol. The van der Waals surface area contributed by atoms with Crippen LogP contribution in [0.1, 0.15) is 12.5 Å². The topological polar surface area (TPSA) is 9.23 Å². The molecule has 3 rings (SSSR count). The molecular formula is C21H22OPPb+. The quantitative estimate of drug-likeness (QED) is 0.346. The zero-order valence-corrected chi connectivity index (χ0v) is 18.8. The average Bonchev–Trinajstić information content (AvgIpc) is 2.63. The Labute approximate surface area is 166 Å². The Kier molecular flexibility index (Phi) is 7.94. The Hall–Kier alpha value is -1.19. The molecule has 0 heterocycles. The number of benzene rings is 3. The first-order valence-electron chi connectivity index (χ1n) is 8.05. The molecule has 0 spiro atoms. The molecule has 0 aromatic heterocycles. The molecule has 0 fully saturated rings. The second kappa shape index (κ2) is 9.95. The number of hydrogen-bond acceptors (Lipinski definition) is 1. The SMILES string of the molecule is CCOc1ccc(C[PH+](c2ccccc2)c2ccccc2)cc1.[Pb]. The first kappa shape index (κ1) is 19.1. The molecule has 0 aliphatic rings. The molecule has 1 nitrogen and oxygen atoms in total. The van der Waals surface area contributed by atoms with E-state index in [1.165, 1.54) is 16.2 Å². The second-order valence-electron chi connectivity index (χ2n) is 5.46. The Morgan fingerprint density at radius 3 is 1.67 bits per heavy atom. The molecule has 4 radical (unpaired) electrons. The van der Waals surface area contributed by atoms with Crippen molar-refractivity contribution >= 4 is 45.8 Å². The first-order chi connectivity index (χ1) is 11.4. The Morgan fingerprint density at radius 1 is 0.708 bits per heavy atom. The van der Waals surface area contributed by atoms with E-state index in [-0.39, 0.29) is 27.3 Å². The molecular weight excluding hydrogens is 506 g/mol. The third-order valence-electron chi connectivity index (χ3n) is 3.86. The maximum absolute atomic E-state index is 5.54. The van der Waals surface area contributed by atoms with Crippen LogP contribution in [-0.2, 0) is 6.16 Å². The van der Waals surface area contributed by atoms with Gasteiger partial charge in [0.15, 0.2) is 0 Å². The second-order valence-corrected chi connectivity index (χ2v) is 7.93. The molecule has 3 aromatic rings. The minimum Gasteiger partial charge on any atom is -0.494 e. The summed E-state index contributed by atoms with van der Waals surface area (Å²) in [6.45, 7) is 2.72. The van der Waals surface area contributed by atoms with E-state index in [0.717, 1.165) is 11.9 Å². The summed E-state index contributed by atoms with van der Waals surface area (Å²) in [7, 11) is -0.818. The molecule has 3 heteroatoms. The van der Waals surface area contributed by atoms with E-state index < -0.39 is 7.92 Å². The molecule has 0 atom stereocenters. The van der Waals surface area contributed by atoms with Gasteiger partial charge in [0.2, 0.25) is 0 Å². The fourth-order valence-electron chi connectivity index (χ4n) is 2.72. The van der Waals surface area contributed by atoms with Crippen molar-refractivity contribution in [3.8, 4) is 5.75 Å². The Morgan fingerprint density at radius 2 is 1.21 bits per heavy atom. The van der Waals surface area contributed by atoms with Gasteiger partial charge in [-0.15, -0.1) is 0 Å². The smallest absolute Gasteiger partial charge is 0.119 e. The minimum atomic E-state index is -0.818. The van der Waals surface area contributed by atoms with Crippen molar-refractivity contribution in [1.29, 1.82) is 0 Å². The summed E-state index contributed by atoms with van der Waals surface area (Å²) in [6, 6.07) is 30.3. The van der Waals surface area contributed by atoms with Crippen LogP contribution >= 0.6 is 7.92 Å². The van der Waals surface area contributed by atoms with Crippen molar-refractivity contribution < 1.29 is 4.74 Å². The molecule has 3 aromatic carbocycles. The van der Waals surface area contributed by atoms with Crippen LogP contribution in [0.3, 0.4) is 0 Å². The maximum atomic E-state index is 5.54. The van der Waals surface area contributed by atoms with Gasteiger partial charge in [-0.1, -0.05) is 48.5 Å². The molecule has 0 saturated heterocycles. The van der Waals surface area contributed by atoms with Crippen LogP contribution in [0, 0.1) is 0 Å². The van der Waals surface area contributed by atoms with Crippen LogP contribution < -0.4 is 15.3 Å². The van der Waals surface area contributed by atoms with E-state index in [1.54, 1.807) is 0 Å². The molecule has 0 amide bonds. The maximum Gasteiger partial charge on any atom is 0.119 e. The average molecular weight is 529 g/mol. The monoisotopic (exact) mass is 529 g/mol. The molecule has 120 valence electrons. The van der Waals surface area contributed by atoms with Crippen molar-refractivity contribution in [3.05, 3.63) is 90.5 Å². The van der Waals surface area contributed by atoms with Crippen LogP contribution in [0.25, 0.3) is 0 Å². The van der Waals surface area contributed by atoms with Gasteiger partial charge in [-0.2, -0.15) is 0 Å². The largest absolute Gasteiger partial charge is 0.494 e. The Balaban J connectivity index is 0.00000208. The zero-order valence-electron chi connectivity index (χ0n) is 13.9. The summed E-state index contributed by atoms with van der Waals surface area (Å²) < 4.78 is 5.54. The molecule has 0 N–H and O–H groups in total. The van der Waals surface area contributed by atoms with Gasteiger partial charge in [-0.05, 0) is 48.9 Å². The zero-order chi connectivity index (χ0) is 15.9. The number of ether oxygens (including phenoxy) is 1. The van der Waals surface area contributed by atoms with Gasteiger partial charge in [-0.25, -0.2) is 0 Å². The van der Waals surface area contributed by atoms with Crippen LogP contribution in [0.5, 0.6) is 5.75 Å². The standard InChI is InChI=1S/C21H21OP.Pb/c1-2-22-19-15-13-18(14-16-19)17-23(20-9-5-3-6-10-20)21-11-7-4-8-12-21;/h3-16H,2,17H2,1H3;/p+1. The van der Waals surface area contributed by atoms with E-state index in [1.807, 2.05) is 6.92 Å². The molecule has 24 heavy (non-hydrogen) atoms. The number of rotatable bonds is 6. The predicted octanol–water partition coefficient (Wildman–Crippen LogP) is 4.07. The van der Waals surface area contributed by atoms with Crippen LogP contribution in [0.15, 0.2) is 84.9 Å². The summed E-state index contributed by atoms with van der Waals surface area (Å²) in [5.74, 6) is 0.949. The fraction of sp³-hybridized carbons (Fsp3) is 0.143. The van der Waals surface area contributed by atoms with Crippen LogP contribution in [0.2, 0.25) is 0 Å². The van der Waals surface area contributed by atoms with Gasteiger partial charge in [0.25, 0.3) is 0 Å². The van der Waals surface area contributed by atoms with E-state index in [4.69, 9.17) is 4.74 Å². The van der Waals surface area contributed by atoms with Crippen molar-refractivity contribution in [1.82, 2.24) is 0 Å².